The van der Waals surface area contributed by atoms with Gasteiger partial charge >= 0.3 is 11.9 Å². The minimum absolute atomic E-state index is 0.286. The van der Waals surface area contributed by atoms with E-state index >= 15 is 0 Å². The Hall–Kier alpha value is -4.89. The molecule has 0 aliphatic rings. The number of carbonyl (C=O) groups is 3. The van der Waals surface area contributed by atoms with Crippen LogP contribution in [0.25, 0.3) is 0 Å². The van der Waals surface area contributed by atoms with E-state index in [9.17, 15) is 14.4 Å². The molecule has 0 aromatic heterocycles. The highest BCUT2D eigenvalue weighted by atomic mass is 35.5. The van der Waals surface area contributed by atoms with E-state index in [1.54, 1.807) is 48.7 Å². The zero-order valence-electron chi connectivity index (χ0n) is 24.3. The summed E-state index contributed by atoms with van der Waals surface area (Å²) in [6.45, 7) is 8.33. The van der Waals surface area contributed by atoms with Crippen molar-refractivity contribution in [1.29, 1.82) is 0 Å². The number of esters is 2. The van der Waals surface area contributed by atoms with Crippen LogP contribution in [-0.4, -0.2) is 50.5 Å². The summed E-state index contributed by atoms with van der Waals surface area (Å²) in [7, 11) is 0. The van der Waals surface area contributed by atoms with Crippen molar-refractivity contribution in [3.63, 3.8) is 0 Å². The minimum Gasteiger partial charge on any atom is -0.494 e. The van der Waals surface area contributed by atoms with Crippen LogP contribution in [0.3, 0.4) is 0 Å². The fourth-order valence-electron chi connectivity index (χ4n) is 3.64. The largest absolute Gasteiger partial charge is 0.494 e. The van der Waals surface area contributed by atoms with Gasteiger partial charge in [-0.05, 0) is 98.0 Å². The Labute approximate surface area is 262 Å². The van der Waals surface area contributed by atoms with Crippen LogP contribution in [-0.2, 0) is 19.1 Å². The SMILES string of the molecule is C=CC(=O)OCCCCOc1ccc(C=Nc2ccc(NC(=O)c3ccc(OCCCCOC(=O)C=C)cc3)cc2Cl)cc1. The highest BCUT2D eigenvalue weighted by molar-refractivity contribution is 6.33. The van der Waals surface area contributed by atoms with Crippen LogP contribution in [0.4, 0.5) is 11.4 Å². The van der Waals surface area contributed by atoms with Gasteiger partial charge in [-0.25, -0.2) is 9.59 Å². The topological polar surface area (TPSA) is 113 Å². The number of amides is 1. The van der Waals surface area contributed by atoms with Gasteiger partial charge in [-0.2, -0.15) is 0 Å². The third-order valence-corrected chi connectivity index (χ3v) is 6.29. The van der Waals surface area contributed by atoms with Gasteiger partial charge in [0.2, 0.25) is 0 Å². The lowest BCUT2D eigenvalue weighted by molar-refractivity contribution is -0.138. The van der Waals surface area contributed by atoms with Crippen molar-refractivity contribution < 1.29 is 33.3 Å². The quantitative estimate of drug-likeness (QED) is 0.0699. The molecular formula is C34H35ClN2O7. The van der Waals surface area contributed by atoms with E-state index in [4.69, 9.17) is 30.5 Å². The summed E-state index contributed by atoms with van der Waals surface area (Å²) in [6.07, 6.45) is 6.82. The molecule has 230 valence electrons. The van der Waals surface area contributed by atoms with E-state index in [0.29, 0.717) is 67.0 Å². The van der Waals surface area contributed by atoms with E-state index < -0.39 is 11.9 Å². The van der Waals surface area contributed by atoms with Gasteiger partial charge in [-0.3, -0.25) is 9.79 Å². The van der Waals surface area contributed by atoms with Crippen LogP contribution >= 0.6 is 11.6 Å². The highest BCUT2D eigenvalue weighted by Crippen LogP contribution is 2.28. The molecule has 1 amide bonds. The highest BCUT2D eigenvalue weighted by Gasteiger charge is 2.09. The number of anilines is 1. The van der Waals surface area contributed by atoms with Gasteiger partial charge in [0.15, 0.2) is 0 Å². The number of aliphatic imine (C=N–C) groups is 1. The number of halogens is 1. The Morgan fingerprint density at radius 3 is 1.77 bits per heavy atom. The van der Waals surface area contributed by atoms with Crippen LogP contribution in [0.2, 0.25) is 5.02 Å². The number of unbranched alkanes of at least 4 members (excludes halogenated alkanes) is 2. The standard InChI is InChI=1S/C34H35ClN2O7/c1-3-32(38)43-21-7-5-19-41-28-14-9-25(10-15-28)24-36-31-18-13-27(23-30(31)35)37-34(40)26-11-16-29(17-12-26)42-20-6-8-22-44-33(39)4-2/h3-4,9-18,23-24H,1-2,5-8,19-22H2,(H,37,40). The number of ether oxygens (including phenoxy) is 4. The molecule has 0 atom stereocenters. The molecule has 3 rings (SSSR count). The Morgan fingerprint density at radius 2 is 1.25 bits per heavy atom. The number of rotatable bonds is 18. The average molecular weight is 619 g/mol. The zero-order valence-corrected chi connectivity index (χ0v) is 25.1. The number of hydrogen-bond donors (Lipinski definition) is 1. The molecule has 0 aliphatic heterocycles. The van der Waals surface area contributed by atoms with Crippen LogP contribution in [0.15, 0.2) is 97.0 Å². The van der Waals surface area contributed by atoms with Crippen LogP contribution < -0.4 is 14.8 Å². The Morgan fingerprint density at radius 1 is 0.727 bits per heavy atom. The van der Waals surface area contributed by atoms with Crippen molar-refractivity contribution in [3.8, 4) is 11.5 Å². The Bertz CT molecular complexity index is 1440. The van der Waals surface area contributed by atoms with Gasteiger partial charge in [0, 0.05) is 29.6 Å². The second-order valence-electron chi connectivity index (χ2n) is 9.33. The zero-order chi connectivity index (χ0) is 31.6. The predicted molar refractivity (Wildman–Crippen MR) is 171 cm³/mol. The summed E-state index contributed by atoms with van der Waals surface area (Å²) in [5.41, 5.74) is 2.43. The third-order valence-electron chi connectivity index (χ3n) is 5.99. The number of benzene rings is 3. The first-order valence-corrected chi connectivity index (χ1v) is 14.4. The minimum atomic E-state index is -0.437. The van der Waals surface area contributed by atoms with Crippen LogP contribution in [0.1, 0.15) is 41.6 Å². The smallest absolute Gasteiger partial charge is 0.330 e. The second-order valence-corrected chi connectivity index (χ2v) is 9.73. The van der Waals surface area contributed by atoms with E-state index in [1.165, 1.54) is 0 Å². The average Bonchev–Trinajstić information content (AvgIpc) is 3.04. The maximum atomic E-state index is 12.7. The molecule has 3 aromatic rings. The molecule has 9 nitrogen and oxygen atoms in total. The normalized spacial score (nSPS) is 10.6. The van der Waals surface area contributed by atoms with Crippen LogP contribution in [0.5, 0.6) is 11.5 Å². The predicted octanol–water partition coefficient (Wildman–Crippen LogP) is 7.12. The van der Waals surface area contributed by atoms with Gasteiger partial charge in [0.1, 0.15) is 11.5 Å². The summed E-state index contributed by atoms with van der Waals surface area (Å²) < 4.78 is 21.2. The molecule has 1 N–H and O–H groups in total. The fraction of sp³-hybridized carbons (Fsp3) is 0.235. The molecular weight excluding hydrogens is 584 g/mol. The summed E-state index contributed by atoms with van der Waals surface area (Å²) >= 11 is 6.43. The molecule has 3 aromatic carbocycles. The van der Waals surface area contributed by atoms with Gasteiger partial charge in [-0.1, -0.05) is 24.8 Å². The third kappa shape index (κ3) is 12.1. The first kappa shape index (κ1) is 33.6. The Kier molecular flexibility index (Phi) is 14.2. The molecule has 10 heteroatoms. The van der Waals surface area contributed by atoms with Gasteiger partial charge in [-0.15, -0.1) is 0 Å². The first-order valence-electron chi connectivity index (χ1n) is 14.1. The second kappa shape index (κ2) is 18.6. The molecule has 44 heavy (non-hydrogen) atoms. The van der Waals surface area contributed by atoms with Gasteiger partial charge in [0.05, 0.1) is 37.1 Å². The van der Waals surface area contributed by atoms with E-state index in [1.807, 2.05) is 24.3 Å². The van der Waals surface area contributed by atoms with Crippen molar-refractivity contribution in [2.75, 3.05) is 31.7 Å². The monoisotopic (exact) mass is 618 g/mol. The number of nitrogens with one attached hydrogen (secondary N) is 1. The summed E-state index contributed by atoms with van der Waals surface area (Å²) in [5.74, 6) is 0.219. The molecule has 0 spiro atoms. The summed E-state index contributed by atoms with van der Waals surface area (Å²) in [6, 6.07) is 19.4. The fourth-order valence-corrected chi connectivity index (χ4v) is 3.87. The van der Waals surface area contributed by atoms with Gasteiger partial charge < -0.3 is 24.3 Å². The van der Waals surface area contributed by atoms with Crippen molar-refractivity contribution in [2.45, 2.75) is 25.7 Å². The number of carbonyl (C=O) groups excluding carboxylic acids is 3. The lowest BCUT2D eigenvalue weighted by atomic mass is 10.2. The number of hydrogen-bond acceptors (Lipinski definition) is 8. The van der Waals surface area contributed by atoms with Gasteiger partial charge in [0.25, 0.3) is 5.91 Å². The van der Waals surface area contributed by atoms with E-state index in [-0.39, 0.29) is 5.91 Å². The molecule has 0 saturated heterocycles. The van der Waals surface area contributed by atoms with Crippen molar-refractivity contribution in [2.24, 2.45) is 4.99 Å². The number of nitrogens with zero attached hydrogens (tertiary/aromatic N) is 1. The molecule has 0 radical (unpaired) electrons. The molecule has 0 bridgehead atoms. The lowest BCUT2D eigenvalue weighted by Crippen LogP contribution is -2.11. The maximum Gasteiger partial charge on any atom is 0.330 e. The molecule has 0 fully saturated rings. The van der Waals surface area contributed by atoms with Crippen molar-refractivity contribution in [3.05, 3.63) is 108 Å². The molecule has 0 heterocycles. The molecule has 0 saturated carbocycles. The molecule has 0 unspecified atom stereocenters. The summed E-state index contributed by atoms with van der Waals surface area (Å²) in [5, 5.41) is 3.23. The van der Waals surface area contributed by atoms with Crippen molar-refractivity contribution >= 4 is 47.0 Å². The maximum absolute atomic E-state index is 12.7. The van der Waals surface area contributed by atoms with E-state index in [2.05, 4.69) is 23.5 Å². The first-order chi connectivity index (χ1) is 21.4. The Balaban J connectivity index is 1.41. The summed E-state index contributed by atoms with van der Waals surface area (Å²) in [4.78, 5) is 39.2. The van der Waals surface area contributed by atoms with E-state index in [0.717, 1.165) is 36.3 Å². The lowest BCUT2D eigenvalue weighted by Gasteiger charge is -2.09. The van der Waals surface area contributed by atoms with Crippen molar-refractivity contribution in [1.82, 2.24) is 0 Å². The van der Waals surface area contributed by atoms with Crippen LogP contribution in [0, 0.1) is 0 Å². The molecule has 0 aliphatic carbocycles.